The van der Waals surface area contributed by atoms with Crippen molar-refractivity contribution in [1.82, 2.24) is 4.57 Å². The highest BCUT2D eigenvalue weighted by Crippen LogP contribution is 2.34. The number of fused-ring (bicyclic) bond motifs is 1. The summed E-state index contributed by atoms with van der Waals surface area (Å²) in [6.07, 6.45) is 1.58. The normalized spacial score (nSPS) is 15.5. The fourth-order valence-corrected chi connectivity index (χ4v) is 5.39. The van der Waals surface area contributed by atoms with Gasteiger partial charge in [-0.15, -0.1) is 0 Å². The standard InChI is InChI=1S/C25H23BrN2O6S/c1-5-34-24(31)20-13(2)27-25-28(21(20)14-6-8-17(32-3)9-7-14)23(30)19(35-25)11-15-10-16(26)12-18(33-4)22(15)29/h6-12,21,29H,5H2,1-4H3/b19-11-/t21-/m0/s1. The molecule has 3 aromatic rings. The quantitative estimate of drug-likeness (QED) is 0.466. The van der Waals surface area contributed by atoms with Crippen LogP contribution in [-0.2, 0) is 9.53 Å². The molecule has 0 bridgehead atoms. The highest BCUT2D eigenvalue weighted by molar-refractivity contribution is 9.10. The summed E-state index contributed by atoms with van der Waals surface area (Å²) in [6.45, 7) is 3.65. The largest absolute Gasteiger partial charge is 0.504 e. The number of carbonyl (C=O) groups is 1. The molecule has 0 radical (unpaired) electrons. The Balaban J connectivity index is 1.96. The van der Waals surface area contributed by atoms with Crippen LogP contribution in [0.1, 0.15) is 31.0 Å². The van der Waals surface area contributed by atoms with E-state index < -0.39 is 12.0 Å². The maximum absolute atomic E-state index is 13.7. The lowest BCUT2D eigenvalue weighted by Crippen LogP contribution is -2.39. The smallest absolute Gasteiger partial charge is 0.338 e. The molecule has 0 fully saturated rings. The summed E-state index contributed by atoms with van der Waals surface area (Å²) in [6, 6.07) is 9.75. The number of rotatable bonds is 6. The van der Waals surface area contributed by atoms with Crippen molar-refractivity contribution in [2.75, 3.05) is 20.8 Å². The van der Waals surface area contributed by atoms with Gasteiger partial charge in [0.2, 0.25) is 0 Å². The first kappa shape index (κ1) is 24.7. The highest BCUT2D eigenvalue weighted by atomic mass is 79.9. The van der Waals surface area contributed by atoms with Gasteiger partial charge in [0.25, 0.3) is 5.56 Å². The first-order valence-corrected chi connectivity index (χ1v) is 12.3. The molecule has 182 valence electrons. The number of aromatic hydroxyl groups is 1. The number of aromatic nitrogens is 1. The fourth-order valence-electron chi connectivity index (χ4n) is 3.89. The van der Waals surface area contributed by atoms with Crippen molar-refractivity contribution in [2.45, 2.75) is 19.9 Å². The zero-order chi connectivity index (χ0) is 25.3. The molecule has 0 amide bonds. The number of carbonyl (C=O) groups excluding carboxylic acids is 1. The zero-order valence-electron chi connectivity index (χ0n) is 19.5. The van der Waals surface area contributed by atoms with Crippen LogP contribution >= 0.6 is 27.3 Å². The summed E-state index contributed by atoms with van der Waals surface area (Å²) >= 11 is 4.57. The molecule has 10 heteroatoms. The van der Waals surface area contributed by atoms with Crippen molar-refractivity contribution in [3.63, 3.8) is 0 Å². The Morgan fingerprint density at radius 3 is 2.57 bits per heavy atom. The number of ether oxygens (including phenoxy) is 3. The second-order valence-electron chi connectivity index (χ2n) is 7.62. The lowest BCUT2D eigenvalue weighted by molar-refractivity contribution is -0.139. The molecule has 35 heavy (non-hydrogen) atoms. The molecule has 0 saturated carbocycles. The van der Waals surface area contributed by atoms with Crippen molar-refractivity contribution >= 4 is 39.3 Å². The van der Waals surface area contributed by atoms with Gasteiger partial charge < -0.3 is 19.3 Å². The summed E-state index contributed by atoms with van der Waals surface area (Å²) in [5, 5.41) is 10.6. The zero-order valence-corrected chi connectivity index (χ0v) is 21.9. The summed E-state index contributed by atoms with van der Waals surface area (Å²) in [4.78, 5) is 31.6. The van der Waals surface area contributed by atoms with Crippen LogP contribution in [0.25, 0.3) is 6.08 Å². The predicted octanol–water partition coefficient (Wildman–Crippen LogP) is 3.28. The van der Waals surface area contributed by atoms with Crippen LogP contribution < -0.4 is 24.4 Å². The number of hydrogen-bond donors (Lipinski definition) is 1. The number of halogens is 1. The van der Waals surface area contributed by atoms with E-state index >= 15 is 0 Å². The monoisotopic (exact) mass is 558 g/mol. The van der Waals surface area contributed by atoms with Gasteiger partial charge in [-0.25, -0.2) is 9.79 Å². The maximum Gasteiger partial charge on any atom is 0.338 e. The van der Waals surface area contributed by atoms with E-state index in [9.17, 15) is 14.7 Å². The Kier molecular flexibility index (Phi) is 7.13. The molecule has 0 saturated heterocycles. The molecule has 0 unspecified atom stereocenters. The minimum atomic E-state index is -0.732. The number of hydrogen-bond acceptors (Lipinski definition) is 8. The van der Waals surface area contributed by atoms with Crippen LogP contribution in [0.3, 0.4) is 0 Å². The molecular weight excluding hydrogens is 536 g/mol. The van der Waals surface area contributed by atoms with Gasteiger partial charge in [-0.1, -0.05) is 39.4 Å². The van der Waals surface area contributed by atoms with Crippen LogP contribution in [0, 0.1) is 0 Å². The van der Waals surface area contributed by atoms with Crippen LogP contribution in [0.4, 0.5) is 0 Å². The molecule has 2 aromatic carbocycles. The van der Waals surface area contributed by atoms with E-state index in [1.165, 1.54) is 23.0 Å². The van der Waals surface area contributed by atoms with Crippen molar-refractivity contribution in [3.8, 4) is 17.2 Å². The summed E-state index contributed by atoms with van der Waals surface area (Å²) in [5.41, 5.74) is 1.54. The predicted molar refractivity (Wildman–Crippen MR) is 136 cm³/mol. The first-order valence-electron chi connectivity index (χ1n) is 10.7. The SMILES string of the molecule is CCOC(=O)C1=C(C)N=c2s/c(=C\c3cc(Br)cc(OC)c3O)c(=O)n2[C@H]1c1ccc(OC)cc1. The third-order valence-electron chi connectivity index (χ3n) is 5.52. The van der Waals surface area contributed by atoms with Crippen molar-refractivity contribution in [1.29, 1.82) is 0 Å². The van der Waals surface area contributed by atoms with Crippen LogP contribution in [0.2, 0.25) is 0 Å². The average Bonchev–Trinajstić information content (AvgIpc) is 3.14. The van der Waals surface area contributed by atoms with E-state index in [1.54, 1.807) is 51.3 Å². The second kappa shape index (κ2) is 10.1. The number of thiazole rings is 1. The van der Waals surface area contributed by atoms with Crippen LogP contribution in [0.15, 0.2) is 61.9 Å². The van der Waals surface area contributed by atoms with Gasteiger partial charge in [-0.3, -0.25) is 9.36 Å². The molecule has 1 N–H and O–H groups in total. The van der Waals surface area contributed by atoms with Gasteiger partial charge in [-0.05, 0) is 49.8 Å². The molecule has 1 aliphatic heterocycles. The number of methoxy groups -OCH3 is 2. The number of esters is 1. The van der Waals surface area contributed by atoms with Gasteiger partial charge in [0, 0.05) is 10.0 Å². The van der Waals surface area contributed by atoms with E-state index in [0.29, 0.717) is 42.0 Å². The van der Waals surface area contributed by atoms with Gasteiger partial charge >= 0.3 is 5.97 Å². The molecule has 1 atom stereocenters. The molecule has 1 aliphatic rings. The van der Waals surface area contributed by atoms with E-state index in [4.69, 9.17) is 14.2 Å². The Morgan fingerprint density at radius 2 is 1.94 bits per heavy atom. The molecule has 4 rings (SSSR count). The van der Waals surface area contributed by atoms with Crippen LogP contribution in [-0.4, -0.2) is 36.5 Å². The molecule has 0 spiro atoms. The van der Waals surface area contributed by atoms with Crippen molar-refractivity contribution in [3.05, 3.63) is 83.0 Å². The Hall–Kier alpha value is -3.37. The summed E-state index contributed by atoms with van der Waals surface area (Å²) < 4.78 is 18.3. The second-order valence-corrected chi connectivity index (χ2v) is 9.55. The number of benzene rings is 2. The van der Waals surface area contributed by atoms with Crippen LogP contribution in [0.5, 0.6) is 17.2 Å². The van der Waals surface area contributed by atoms with Crippen molar-refractivity contribution in [2.24, 2.45) is 4.99 Å². The fraction of sp³-hybridized carbons (Fsp3) is 0.240. The molecular formula is C25H23BrN2O6S. The Bertz CT molecular complexity index is 1500. The molecule has 2 heterocycles. The molecule has 1 aromatic heterocycles. The van der Waals surface area contributed by atoms with Gasteiger partial charge in [0.1, 0.15) is 5.75 Å². The number of phenols is 1. The van der Waals surface area contributed by atoms with E-state index in [-0.39, 0.29) is 23.7 Å². The van der Waals surface area contributed by atoms with Gasteiger partial charge in [0.15, 0.2) is 16.3 Å². The number of allylic oxidation sites excluding steroid dienone is 1. The number of phenolic OH excluding ortho intramolecular Hbond substituents is 1. The molecule has 0 aliphatic carbocycles. The first-order chi connectivity index (χ1) is 16.8. The average molecular weight is 559 g/mol. The third-order valence-corrected chi connectivity index (χ3v) is 6.97. The van der Waals surface area contributed by atoms with E-state index in [2.05, 4.69) is 20.9 Å². The van der Waals surface area contributed by atoms with Gasteiger partial charge in [0.05, 0.1) is 42.7 Å². The Morgan fingerprint density at radius 1 is 1.23 bits per heavy atom. The third kappa shape index (κ3) is 4.63. The lowest BCUT2D eigenvalue weighted by atomic mass is 9.96. The minimum absolute atomic E-state index is 0.0865. The summed E-state index contributed by atoms with van der Waals surface area (Å²) in [5.74, 6) is 0.309. The Labute approximate surface area is 213 Å². The molecule has 8 nitrogen and oxygen atoms in total. The minimum Gasteiger partial charge on any atom is -0.504 e. The lowest BCUT2D eigenvalue weighted by Gasteiger charge is -2.24. The van der Waals surface area contributed by atoms with E-state index in [0.717, 1.165) is 0 Å². The van der Waals surface area contributed by atoms with Crippen molar-refractivity contribution < 1.29 is 24.1 Å². The van der Waals surface area contributed by atoms with Gasteiger partial charge in [-0.2, -0.15) is 0 Å². The number of nitrogens with zero attached hydrogens (tertiary/aromatic N) is 2. The topological polar surface area (TPSA) is 99.4 Å². The highest BCUT2D eigenvalue weighted by Gasteiger charge is 2.33. The summed E-state index contributed by atoms with van der Waals surface area (Å²) in [7, 11) is 3.02. The maximum atomic E-state index is 13.7. The van der Waals surface area contributed by atoms with E-state index in [1.807, 2.05) is 12.1 Å².